The minimum Gasteiger partial charge on any atom is -0.454 e. The van der Waals surface area contributed by atoms with E-state index in [1.54, 1.807) is 42.5 Å². The fraction of sp³-hybridized carbons (Fsp3) is 0.222. The van der Waals surface area contributed by atoms with E-state index in [0.29, 0.717) is 5.02 Å². The quantitative estimate of drug-likeness (QED) is 0.647. The summed E-state index contributed by atoms with van der Waals surface area (Å²) in [4.78, 5) is 23.7. The van der Waals surface area contributed by atoms with Crippen molar-refractivity contribution < 1.29 is 22.7 Å². The van der Waals surface area contributed by atoms with Crippen LogP contribution in [0.3, 0.4) is 0 Å². The number of halogens is 1. The molecule has 0 bridgehead atoms. The molecule has 9 heteroatoms. The van der Waals surface area contributed by atoms with E-state index in [2.05, 4.69) is 10.0 Å². The van der Waals surface area contributed by atoms with Crippen LogP contribution in [0.25, 0.3) is 0 Å². The van der Waals surface area contributed by atoms with Gasteiger partial charge in [0.1, 0.15) is 6.04 Å². The zero-order chi connectivity index (χ0) is 19.9. The van der Waals surface area contributed by atoms with Crippen LogP contribution >= 0.6 is 11.6 Å². The van der Waals surface area contributed by atoms with Crippen molar-refractivity contribution in [3.63, 3.8) is 0 Å². The van der Waals surface area contributed by atoms with Crippen LogP contribution in [0.1, 0.15) is 12.5 Å². The lowest BCUT2D eigenvalue weighted by Gasteiger charge is -2.14. The predicted molar refractivity (Wildman–Crippen MR) is 100 cm³/mol. The molecule has 0 aliphatic heterocycles. The molecule has 2 N–H and O–H groups in total. The fourth-order valence-electron chi connectivity index (χ4n) is 2.11. The standard InChI is InChI=1S/C18H19ClN2O5S/c1-13(21-27(24,25)16-8-3-2-4-9-16)18(23)26-12-17(22)20-11-14-6-5-7-15(19)10-14/h2-10,13,21H,11-12H2,1H3,(H,20,22). The van der Waals surface area contributed by atoms with Gasteiger partial charge in [0.25, 0.3) is 5.91 Å². The second kappa shape index (κ2) is 9.50. The summed E-state index contributed by atoms with van der Waals surface area (Å²) in [6, 6.07) is 13.5. The molecule has 0 spiro atoms. The Morgan fingerprint density at radius 1 is 1.11 bits per heavy atom. The van der Waals surface area contributed by atoms with Crippen LogP contribution in [0.15, 0.2) is 59.5 Å². The predicted octanol–water partition coefficient (Wildman–Crippen LogP) is 1.87. The largest absolute Gasteiger partial charge is 0.454 e. The first-order chi connectivity index (χ1) is 12.8. The Bertz CT molecular complexity index is 903. The molecule has 0 aromatic heterocycles. The number of sulfonamides is 1. The highest BCUT2D eigenvalue weighted by molar-refractivity contribution is 7.89. The minimum absolute atomic E-state index is 0.0314. The number of hydrogen-bond donors (Lipinski definition) is 2. The lowest BCUT2D eigenvalue weighted by Crippen LogP contribution is -2.40. The molecule has 7 nitrogen and oxygen atoms in total. The Kier molecular flexibility index (Phi) is 7.35. The van der Waals surface area contributed by atoms with E-state index in [1.807, 2.05) is 0 Å². The molecule has 2 rings (SSSR count). The van der Waals surface area contributed by atoms with Gasteiger partial charge in [-0.05, 0) is 36.8 Å². The smallest absolute Gasteiger partial charge is 0.324 e. The van der Waals surface area contributed by atoms with Crippen LogP contribution in [0.2, 0.25) is 5.02 Å². The molecule has 27 heavy (non-hydrogen) atoms. The van der Waals surface area contributed by atoms with Gasteiger partial charge in [0.2, 0.25) is 10.0 Å². The van der Waals surface area contributed by atoms with Crippen molar-refractivity contribution in [3.8, 4) is 0 Å². The van der Waals surface area contributed by atoms with Crippen LogP contribution in [0.4, 0.5) is 0 Å². The van der Waals surface area contributed by atoms with Gasteiger partial charge < -0.3 is 10.1 Å². The Balaban J connectivity index is 1.79. The molecule has 0 aliphatic carbocycles. The Labute approximate surface area is 162 Å². The van der Waals surface area contributed by atoms with E-state index in [0.717, 1.165) is 5.56 Å². The van der Waals surface area contributed by atoms with Crippen molar-refractivity contribution >= 4 is 33.5 Å². The van der Waals surface area contributed by atoms with Crippen LogP contribution in [-0.4, -0.2) is 32.9 Å². The summed E-state index contributed by atoms with van der Waals surface area (Å²) in [5.74, 6) is -1.37. The maximum absolute atomic E-state index is 12.2. The highest BCUT2D eigenvalue weighted by Gasteiger charge is 2.23. The number of amides is 1. The van der Waals surface area contributed by atoms with Gasteiger partial charge in [-0.3, -0.25) is 9.59 Å². The highest BCUT2D eigenvalue weighted by Crippen LogP contribution is 2.10. The normalized spacial score (nSPS) is 12.2. The average molecular weight is 411 g/mol. The first-order valence-electron chi connectivity index (χ1n) is 8.03. The number of carbonyl (C=O) groups is 2. The monoisotopic (exact) mass is 410 g/mol. The zero-order valence-corrected chi connectivity index (χ0v) is 16.1. The number of carbonyl (C=O) groups excluding carboxylic acids is 2. The van der Waals surface area contributed by atoms with Crippen LogP contribution in [-0.2, 0) is 30.9 Å². The molecule has 0 radical (unpaired) electrons. The van der Waals surface area contributed by atoms with Crippen molar-refractivity contribution in [3.05, 3.63) is 65.2 Å². The Morgan fingerprint density at radius 2 is 1.81 bits per heavy atom. The van der Waals surface area contributed by atoms with Gasteiger partial charge >= 0.3 is 5.97 Å². The molecule has 0 saturated heterocycles. The van der Waals surface area contributed by atoms with E-state index in [4.69, 9.17) is 16.3 Å². The summed E-state index contributed by atoms with van der Waals surface area (Å²) in [5, 5.41) is 3.13. The number of hydrogen-bond acceptors (Lipinski definition) is 5. The summed E-state index contributed by atoms with van der Waals surface area (Å²) in [5.41, 5.74) is 0.797. The van der Waals surface area contributed by atoms with Gasteiger partial charge in [-0.2, -0.15) is 4.72 Å². The third kappa shape index (κ3) is 6.67. The van der Waals surface area contributed by atoms with Crippen LogP contribution < -0.4 is 10.0 Å². The molecule has 1 atom stereocenters. The van der Waals surface area contributed by atoms with Crippen LogP contribution in [0, 0.1) is 0 Å². The summed E-state index contributed by atoms with van der Waals surface area (Å²) >= 11 is 5.86. The lowest BCUT2D eigenvalue weighted by molar-refractivity contribution is -0.149. The van der Waals surface area contributed by atoms with E-state index >= 15 is 0 Å². The second-order valence-electron chi connectivity index (χ2n) is 5.67. The van der Waals surface area contributed by atoms with Gasteiger partial charge in [0, 0.05) is 11.6 Å². The molecule has 144 valence electrons. The van der Waals surface area contributed by atoms with E-state index in [-0.39, 0.29) is 11.4 Å². The minimum atomic E-state index is -3.86. The Morgan fingerprint density at radius 3 is 2.48 bits per heavy atom. The molecule has 1 amide bonds. The fourth-order valence-corrected chi connectivity index (χ4v) is 3.53. The first-order valence-corrected chi connectivity index (χ1v) is 9.89. The molecule has 2 aromatic rings. The first kappa shape index (κ1) is 20.9. The number of esters is 1. The van der Waals surface area contributed by atoms with Gasteiger partial charge in [0.15, 0.2) is 6.61 Å². The third-order valence-electron chi connectivity index (χ3n) is 3.46. The van der Waals surface area contributed by atoms with Crippen molar-refractivity contribution in [2.75, 3.05) is 6.61 Å². The zero-order valence-electron chi connectivity index (χ0n) is 14.5. The van der Waals surface area contributed by atoms with Gasteiger partial charge in [-0.1, -0.05) is 41.9 Å². The topological polar surface area (TPSA) is 102 Å². The molecule has 0 saturated carbocycles. The van der Waals surface area contributed by atoms with Gasteiger partial charge in [-0.15, -0.1) is 0 Å². The van der Waals surface area contributed by atoms with Crippen molar-refractivity contribution in [2.45, 2.75) is 24.4 Å². The molecule has 2 aromatic carbocycles. The van der Waals surface area contributed by atoms with E-state index < -0.39 is 34.5 Å². The number of nitrogens with one attached hydrogen (secondary N) is 2. The summed E-state index contributed by atoms with van der Waals surface area (Å²) < 4.78 is 31.4. The van der Waals surface area contributed by atoms with Gasteiger partial charge in [-0.25, -0.2) is 8.42 Å². The number of ether oxygens (including phenoxy) is 1. The molecule has 0 fully saturated rings. The van der Waals surface area contributed by atoms with Crippen LogP contribution in [0.5, 0.6) is 0 Å². The maximum Gasteiger partial charge on any atom is 0.324 e. The Hall–Kier alpha value is -2.42. The molecular weight excluding hydrogens is 392 g/mol. The van der Waals surface area contributed by atoms with Crippen molar-refractivity contribution in [2.24, 2.45) is 0 Å². The highest BCUT2D eigenvalue weighted by atomic mass is 35.5. The average Bonchev–Trinajstić information content (AvgIpc) is 2.65. The number of rotatable bonds is 8. The van der Waals surface area contributed by atoms with Gasteiger partial charge in [0.05, 0.1) is 4.90 Å². The SMILES string of the molecule is CC(NS(=O)(=O)c1ccccc1)C(=O)OCC(=O)NCc1cccc(Cl)c1. The van der Waals surface area contributed by atoms with Crippen molar-refractivity contribution in [1.29, 1.82) is 0 Å². The van der Waals surface area contributed by atoms with Crippen molar-refractivity contribution in [1.82, 2.24) is 10.0 Å². The molecule has 1 unspecified atom stereocenters. The maximum atomic E-state index is 12.2. The molecular formula is C18H19ClN2O5S. The summed E-state index contributed by atoms with van der Waals surface area (Å²) in [6.45, 7) is 1.05. The lowest BCUT2D eigenvalue weighted by atomic mass is 10.2. The third-order valence-corrected chi connectivity index (χ3v) is 5.25. The summed E-state index contributed by atoms with van der Waals surface area (Å²) in [6.07, 6.45) is 0. The molecule has 0 aliphatic rings. The molecule has 0 heterocycles. The van der Waals surface area contributed by atoms with E-state index in [1.165, 1.54) is 19.1 Å². The van der Waals surface area contributed by atoms with E-state index in [9.17, 15) is 18.0 Å². The second-order valence-corrected chi connectivity index (χ2v) is 7.82. The number of benzene rings is 2. The summed E-state index contributed by atoms with van der Waals surface area (Å²) in [7, 11) is -3.86.